The number of rotatable bonds is 3. The number of carboxylic acids is 1. The third kappa shape index (κ3) is 2.31. The van der Waals surface area contributed by atoms with E-state index in [1.54, 1.807) is 30.3 Å². The van der Waals surface area contributed by atoms with Crippen molar-refractivity contribution in [3.05, 3.63) is 35.9 Å². The fourth-order valence-electron chi connectivity index (χ4n) is 1.82. The van der Waals surface area contributed by atoms with Gasteiger partial charge in [-0.2, -0.15) is 12.7 Å². The molecule has 1 aliphatic rings. The van der Waals surface area contributed by atoms with Crippen molar-refractivity contribution in [2.75, 3.05) is 13.1 Å². The first-order valence-corrected chi connectivity index (χ1v) is 6.50. The highest BCUT2D eigenvalue weighted by atomic mass is 32.2. The Morgan fingerprint density at radius 3 is 2.47 bits per heavy atom. The minimum atomic E-state index is -3.68. The monoisotopic (exact) mass is 256 g/mol. The Labute approximate surface area is 99.0 Å². The van der Waals surface area contributed by atoms with E-state index in [0.29, 0.717) is 5.56 Å². The van der Waals surface area contributed by atoms with E-state index in [4.69, 9.17) is 0 Å². The second kappa shape index (κ2) is 4.44. The minimum absolute atomic E-state index is 0.161. The van der Waals surface area contributed by atoms with Gasteiger partial charge in [-0.3, -0.25) is 4.79 Å². The average molecular weight is 256 g/mol. The maximum Gasteiger partial charge on any atom is 0.326 e. The van der Waals surface area contributed by atoms with Crippen LogP contribution in [-0.4, -0.2) is 36.9 Å². The molecule has 1 heterocycles. The summed E-state index contributed by atoms with van der Waals surface area (Å²) >= 11 is 0. The van der Waals surface area contributed by atoms with Gasteiger partial charge in [0.25, 0.3) is 10.2 Å². The Morgan fingerprint density at radius 1 is 1.35 bits per heavy atom. The summed E-state index contributed by atoms with van der Waals surface area (Å²) in [6.45, 7) is 0.396. The van der Waals surface area contributed by atoms with E-state index in [1.165, 1.54) is 0 Å². The normalized spacial score (nSPS) is 21.2. The molecule has 0 saturated carbocycles. The Bertz CT molecular complexity index is 514. The lowest BCUT2D eigenvalue weighted by atomic mass is 10.1. The first-order chi connectivity index (χ1) is 8.02. The minimum Gasteiger partial charge on any atom is -0.480 e. The number of nitrogens with one attached hydrogen (secondary N) is 1. The summed E-state index contributed by atoms with van der Waals surface area (Å²) in [4.78, 5) is 11.2. The quantitative estimate of drug-likeness (QED) is 0.794. The van der Waals surface area contributed by atoms with Crippen molar-refractivity contribution < 1.29 is 18.3 Å². The second-order valence-corrected chi connectivity index (χ2v) is 5.37. The number of carbonyl (C=O) groups is 1. The molecule has 0 aliphatic carbocycles. The van der Waals surface area contributed by atoms with Crippen molar-refractivity contribution in [2.24, 2.45) is 0 Å². The molecule has 0 amide bonds. The fraction of sp³-hybridized carbons (Fsp3) is 0.300. The molecule has 2 N–H and O–H groups in total. The third-order valence-corrected chi connectivity index (χ3v) is 4.14. The molecule has 2 rings (SSSR count). The van der Waals surface area contributed by atoms with Crippen LogP contribution in [0.25, 0.3) is 0 Å². The van der Waals surface area contributed by atoms with Crippen LogP contribution in [0.15, 0.2) is 30.3 Å². The van der Waals surface area contributed by atoms with Crippen LogP contribution < -0.4 is 4.72 Å². The zero-order valence-electron chi connectivity index (χ0n) is 8.91. The highest BCUT2D eigenvalue weighted by Crippen LogP contribution is 2.25. The molecule has 1 aliphatic heterocycles. The Balaban J connectivity index is 2.41. The number of hydrogen-bond donors (Lipinski definition) is 2. The van der Waals surface area contributed by atoms with Crippen LogP contribution in [0.3, 0.4) is 0 Å². The smallest absolute Gasteiger partial charge is 0.326 e. The SMILES string of the molecule is O=C(O)[C@@H](c1ccccc1)N1CCNS1(=O)=O. The topological polar surface area (TPSA) is 86.7 Å². The third-order valence-electron chi connectivity index (χ3n) is 2.56. The van der Waals surface area contributed by atoms with Crippen LogP contribution in [0.4, 0.5) is 0 Å². The van der Waals surface area contributed by atoms with Gasteiger partial charge in [-0.25, -0.2) is 4.72 Å². The Hall–Kier alpha value is -1.44. The zero-order chi connectivity index (χ0) is 12.5. The lowest BCUT2D eigenvalue weighted by Gasteiger charge is -2.22. The van der Waals surface area contributed by atoms with E-state index >= 15 is 0 Å². The molecule has 7 heteroatoms. The molecule has 1 atom stereocenters. The predicted molar refractivity (Wildman–Crippen MR) is 60.4 cm³/mol. The zero-order valence-corrected chi connectivity index (χ0v) is 9.72. The summed E-state index contributed by atoms with van der Waals surface area (Å²) < 4.78 is 26.5. The van der Waals surface area contributed by atoms with Gasteiger partial charge in [0.2, 0.25) is 0 Å². The van der Waals surface area contributed by atoms with Gasteiger partial charge in [-0.15, -0.1) is 0 Å². The van der Waals surface area contributed by atoms with E-state index in [0.717, 1.165) is 4.31 Å². The predicted octanol–water partition coefficient (Wildman–Crippen LogP) is -0.0377. The molecule has 0 radical (unpaired) electrons. The van der Waals surface area contributed by atoms with Crippen molar-refractivity contribution >= 4 is 16.2 Å². The van der Waals surface area contributed by atoms with Gasteiger partial charge < -0.3 is 5.11 Å². The van der Waals surface area contributed by atoms with Crippen LogP contribution >= 0.6 is 0 Å². The van der Waals surface area contributed by atoms with Gasteiger partial charge in [0.15, 0.2) is 0 Å². The molecule has 92 valence electrons. The van der Waals surface area contributed by atoms with Crippen molar-refractivity contribution in [3.8, 4) is 0 Å². The van der Waals surface area contributed by atoms with Gasteiger partial charge in [-0.05, 0) is 5.56 Å². The summed E-state index contributed by atoms with van der Waals surface area (Å²) in [5, 5.41) is 9.19. The molecule has 1 aromatic carbocycles. The maximum absolute atomic E-state index is 11.6. The summed E-state index contributed by atoms with van der Waals surface area (Å²) in [5.41, 5.74) is 0.451. The Morgan fingerprint density at radius 2 is 2.00 bits per heavy atom. The van der Waals surface area contributed by atoms with Crippen LogP contribution in [0.2, 0.25) is 0 Å². The van der Waals surface area contributed by atoms with E-state index in [9.17, 15) is 18.3 Å². The van der Waals surface area contributed by atoms with Gasteiger partial charge in [0.05, 0.1) is 0 Å². The molecule has 0 aromatic heterocycles. The van der Waals surface area contributed by atoms with E-state index < -0.39 is 22.2 Å². The van der Waals surface area contributed by atoms with Crippen molar-refractivity contribution in [1.29, 1.82) is 0 Å². The van der Waals surface area contributed by atoms with Gasteiger partial charge in [-0.1, -0.05) is 30.3 Å². The molecule has 0 bridgehead atoms. The molecular formula is C10H12N2O4S. The van der Waals surface area contributed by atoms with Crippen LogP contribution in [0.1, 0.15) is 11.6 Å². The summed E-state index contributed by atoms with van der Waals surface area (Å²) in [6, 6.07) is 7.15. The molecule has 1 fully saturated rings. The molecule has 0 unspecified atom stereocenters. The molecule has 1 aromatic rings. The average Bonchev–Trinajstić information content (AvgIpc) is 2.60. The van der Waals surface area contributed by atoms with Crippen LogP contribution in [0, 0.1) is 0 Å². The second-order valence-electron chi connectivity index (χ2n) is 3.66. The van der Waals surface area contributed by atoms with Gasteiger partial charge in [0.1, 0.15) is 6.04 Å². The van der Waals surface area contributed by atoms with Crippen molar-refractivity contribution in [2.45, 2.75) is 6.04 Å². The number of nitrogens with zero attached hydrogens (tertiary/aromatic N) is 1. The van der Waals surface area contributed by atoms with E-state index in [-0.39, 0.29) is 13.1 Å². The highest BCUT2D eigenvalue weighted by molar-refractivity contribution is 7.87. The highest BCUT2D eigenvalue weighted by Gasteiger charge is 2.39. The first-order valence-electron chi connectivity index (χ1n) is 5.06. The Kier molecular flexibility index (Phi) is 3.14. The number of carboxylic acid groups (broad SMARTS) is 1. The molecule has 17 heavy (non-hydrogen) atoms. The standard InChI is InChI=1S/C10H12N2O4S/c13-10(14)9(8-4-2-1-3-5-8)12-7-6-11-17(12,15)16/h1-5,9,11H,6-7H2,(H,13,14)/t9-/m1/s1. The van der Waals surface area contributed by atoms with Crippen molar-refractivity contribution in [3.63, 3.8) is 0 Å². The number of benzene rings is 1. The summed E-state index contributed by atoms with van der Waals surface area (Å²) in [7, 11) is -3.68. The summed E-state index contributed by atoms with van der Waals surface area (Å²) in [5.74, 6) is -1.18. The van der Waals surface area contributed by atoms with Gasteiger partial charge >= 0.3 is 5.97 Å². The van der Waals surface area contributed by atoms with Crippen LogP contribution in [0.5, 0.6) is 0 Å². The lowest BCUT2D eigenvalue weighted by Crippen LogP contribution is -2.37. The van der Waals surface area contributed by atoms with Crippen LogP contribution in [-0.2, 0) is 15.0 Å². The lowest BCUT2D eigenvalue weighted by molar-refractivity contribution is -0.141. The van der Waals surface area contributed by atoms with E-state index in [2.05, 4.69) is 4.72 Å². The maximum atomic E-state index is 11.6. The number of aliphatic carboxylic acids is 1. The fourth-order valence-corrected chi connectivity index (χ4v) is 3.16. The molecule has 0 spiro atoms. The number of hydrogen-bond acceptors (Lipinski definition) is 3. The van der Waals surface area contributed by atoms with E-state index in [1.807, 2.05) is 0 Å². The molecular weight excluding hydrogens is 244 g/mol. The molecule has 1 saturated heterocycles. The van der Waals surface area contributed by atoms with Crippen molar-refractivity contribution in [1.82, 2.24) is 9.03 Å². The summed E-state index contributed by atoms with van der Waals surface area (Å²) in [6.07, 6.45) is 0. The largest absolute Gasteiger partial charge is 0.480 e. The molecule has 6 nitrogen and oxygen atoms in total. The first kappa shape index (κ1) is 12.0. The van der Waals surface area contributed by atoms with Gasteiger partial charge in [0, 0.05) is 13.1 Å².